The van der Waals surface area contributed by atoms with Crippen molar-refractivity contribution >= 4 is 137 Å². The quantitative estimate of drug-likeness (QED) is 0.267. The summed E-state index contributed by atoms with van der Waals surface area (Å²) in [5.41, 5.74) is 0. The summed E-state index contributed by atoms with van der Waals surface area (Å²) in [6.07, 6.45) is -4.37. The molecule has 0 fully saturated rings. The lowest BCUT2D eigenvalue weighted by Gasteiger charge is -2.42. The molecule has 19 radical (unpaired) electrons. The molecule has 0 heterocycles. The molecule has 1 N–H and O–H groups in total. The molecule has 0 bridgehead atoms. The van der Waals surface area contributed by atoms with E-state index >= 15 is 0 Å². The predicted octanol–water partition coefficient (Wildman–Crippen LogP) is -5.70. The second-order valence-corrected chi connectivity index (χ2v) is 4.80. The third kappa shape index (κ3) is 5.61. The monoisotopic (exact) mass is 320 g/mol. The lowest BCUT2D eigenvalue weighted by molar-refractivity contribution is 1.79. The minimum absolute atomic E-state index is 0.575. The summed E-state index contributed by atoms with van der Waals surface area (Å²) in [5, 5.41) is 0. The zero-order chi connectivity index (χ0) is 15.3. The highest BCUT2D eigenvalue weighted by molar-refractivity contribution is 14.1. The average molecular weight is 317 g/mol. The van der Waals surface area contributed by atoms with Crippen molar-refractivity contribution in [3.8, 4) is 0 Å². The van der Waals surface area contributed by atoms with Crippen molar-refractivity contribution < 1.29 is 1.41 Å². The molecule has 0 rings (SSSR count). The van der Waals surface area contributed by atoms with Crippen LogP contribution in [0.5, 0.6) is 0 Å². The lowest BCUT2D eigenvalue weighted by Crippen LogP contribution is -2.77. The summed E-state index contributed by atoms with van der Waals surface area (Å²) in [6.45, 7) is -0.643. The Labute approximate surface area is 141 Å². The minimum atomic E-state index is -0.848. The Morgan fingerprint density at radius 2 is 1.50 bits per heavy atom. The van der Waals surface area contributed by atoms with Gasteiger partial charge >= 0.3 is 0 Å². The summed E-state index contributed by atoms with van der Waals surface area (Å²) < 4.78 is 8.91. The molecule has 0 saturated heterocycles. The van der Waals surface area contributed by atoms with Crippen LogP contribution in [-0.2, 0) is 0 Å². The van der Waals surface area contributed by atoms with Gasteiger partial charge in [0.15, 0.2) is 0 Å². The topological polar surface area (TPSA) is 12.0 Å². The average Bonchev–Trinajstić information content (AvgIpc) is 2.25. The van der Waals surface area contributed by atoms with E-state index < -0.39 is 44.9 Å². The van der Waals surface area contributed by atoms with Crippen LogP contribution in [-0.4, -0.2) is 114 Å². The van der Waals surface area contributed by atoms with Crippen LogP contribution >= 0.6 is 22.9 Å². The first kappa shape index (κ1) is 17.8. The third-order valence-electron chi connectivity index (χ3n) is 2.90. The van der Waals surface area contributed by atoms with Gasteiger partial charge < -0.3 is 18.9 Å². The van der Waals surface area contributed by atoms with Crippen molar-refractivity contribution in [2.75, 3.05) is 0 Å². The van der Waals surface area contributed by atoms with Crippen LogP contribution in [0.2, 0.25) is 1.41 Å². The predicted molar refractivity (Wildman–Crippen MR) is 109 cm³/mol. The van der Waals surface area contributed by atoms with Crippen LogP contribution in [0.3, 0.4) is 0 Å². The molecule has 0 aliphatic heterocycles. The molecule has 0 saturated carbocycles. The zero-order valence-electron chi connectivity index (χ0n) is 11.1. The molecule has 0 amide bonds. The van der Waals surface area contributed by atoms with E-state index in [0.29, 0.717) is 0 Å². The maximum atomic E-state index is 7.82. The van der Waals surface area contributed by atoms with Crippen LogP contribution in [0.4, 0.5) is 0 Å². The van der Waals surface area contributed by atoms with Crippen molar-refractivity contribution in [3.05, 3.63) is 0 Å². The number of nitrogens with one attached hydrogen (secondary N) is 1. The Morgan fingerprint density at radius 3 is 1.72 bits per heavy atom. The van der Waals surface area contributed by atoms with E-state index in [1.54, 1.807) is 22.9 Å². The molecule has 0 aromatic carbocycles. The standard InChI is InChI=1S/B16HIN/c1-9-13(8)15(12(6)7)16(18-17)14(10(2)3)11(4)5/h18H/q-2/i/hT. The first-order valence-electron chi connectivity index (χ1n) is 5.87. The molecule has 0 unspecified atom stereocenters. The van der Waals surface area contributed by atoms with Crippen molar-refractivity contribution in [1.82, 2.24) is 3.43 Å². The van der Waals surface area contributed by atoms with E-state index in [-0.39, 0.29) is 0 Å². The second-order valence-electron chi connectivity index (χ2n) is 4.24. The number of halogens is 1. The van der Waals surface area contributed by atoms with Gasteiger partial charge in [-0.1, -0.05) is 0 Å². The van der Waals surface area contributed by atoms with Crippen LogP contribution in [0, 0.1) is 0 Å². The van der Waals surface area contributed by atoms with E-state index in [1.807, 2.05) is 0 Å². The van der Waals surface area contributed by atoms with Crippen molar-refractivity contribution in [1.29, 1.82) is 0 Å². The fourth-order valence-corrected chi connectivity index (χ4v) is 2.68. The van der Waals surface area contributed by atoms with Gasteiger partial charge in [-0.15, -0.1) is 0 Å². The molecule has 0 aromatic rings. The summed E-state index contributed by atoms with van der Waals surface area (Å²) in [6, 6.07) is 0. The Kier molecular flexibility index (Phi) is 9.51. The van der Waals surface area contributed by atoms with Crippen molar-refractivity contribution in [3.63, 3.8) is 0 Å². The van der Waals surface area contributed by atoms with E-state index in [4.69, 9.17) is 63.3 Å². The molecule has 0 aromatic heterocycles. The fraction of sp³-hybridized carbons (Fsp3) is 0. The van der Waals surface area contributed by atoms with Gasteiger partial charge in [-0.2, -0.15) is 0 Å². The molecule has 0 aliphatic rings. The summed E-state index contributed by atoms with van der Waals surface area (Å²) >= 11 is 1.74. The van der Waals surface area contributed by atoms with Crippen LogP contribution in [0.15, 0.2) is 0 Å². The number of hydrogen-bond acceptors (Lipinski definition) is 1. The smallest absolute Gasteiger partial charge is 0.126 e. The first-order valence-corrected chi connectivity index (χ1v) is 6.39. The maximum Gasteiger partial charge on any atom is 0.126 e. The highest BCUT2D eigenvalue weighted by Gasteiger charge is 2.38. The SMILES string of the molecule is [3H]N(I)B(B(B([B])[B])B([B])[B-])B(B([B])[B])B([B])[B][B-]. The van der Waals surface area contributed by atoms with Crippen molar-refractivity contribution in [2.45, 2.75) is 0 Å². The van der Waals surface area contributed by atoms with Crippen molar-refractivity contribution in [2.24, 2.45) is 0 Å². The van der Waals surface area contributed by atoms with Gasteiger partial charge in [0.05, 0.1) is 0 Å². The van der Waals surface area contributed by atoms with E-state index in [1.165, 1.54) is 7.06 Å². The Bertz CT molecular complexity index is 233. The maximum absolute atomic E-state index is 7.82. The van der Waals surface area contributed by atoms with Gasteiger partial charge in [-0.25, -0.2) is 6.39 Å². The van der Waals surface area contributed by atoms with Crippen LogP contribution in [0.1, 0.15) is 0 Å². The fourth-order valence-electron chi connectivity index (χ4n) is 1.94. The van der Waals surface area contributed by atoms with Crippen LogP contribution < -0.4 is 3.43 Å². The van der Waals surface area contributed by atoms with Gasteiger partial charge in [-0.3, -0.25) is 7.06 Å². The molecule has 18 heavy (non-hydrogen) atoms. The second kappa shape index (κ2) is 9.63. The van der Waals surface area contributed by atoms with E-state index in [0.717, 1.165) is 3.43 Å². The Balaban J connectivity index is 5.46. The summed E-state index contributed by atoms with van der Waals surface area (Å²) in [4.78, 5) is 0. The molecule has 0 atom stereocenters. The van der Waals surface area contributed by atoms with E-state index in [9.17, 15) is 0 Å². The zero-order valence-corrected chi connectivity index (χ0v) is 12.2. The van der Waals surface area contributed by atoms with Gasteiger partial charge in [0, 0.05) is 51.1 Å². The number of rotatable bonds is 8. The van der Waals surface area contributed by atoms with Gasteiger partial charge in [0.25, 0.3) is 0 Å². The van der Waals surface area contributed by atoms with Gasteiger partial charge in [0.1, 0.15) is 8.04 Å². The normalized spacial score (nSPS) is 10.3. The molecule has 0 aliphatic carbocycles. The van der Waals surface area contributed by atoms with E-state index in [2.05, 4.69) is 0 Å². The largest absolute Gasteiger partial charge is 0.690 e. The highest BCUT2D eigenvalue weighted by Crippen LogP contribution is 2.02. The molecule has 1 nitrogen and oxygen atoms in total. The highest BCUT2D eigenvalue weighted by atomic mass is 127. The van der Waals surface area contributed by atoms with Crippen LogP contribution in [0.25, 0.3) is 0 Å². The minimum Gasteiger partial charge on any atom is -0.690 e. The third-order valence-corrected chi connectivity index (χ3v) is 3.54. The Hall–Kier alpha value is 1.73. The number of hydrogen-bond donors (Lipinski definition) is 1. The Morgan fingerprint density at radius 1 is 1.06 bits per heavy atom. The molecule has 18 heteroatoms. The first-order chi connectivity index (χ1) is 8.64. The molecular weight excluding hydrogens is 314 g/mol. The lowest BCUT2D eigenvalue weighted by atomic mass is 8.49. The molecule has 0 spiro atoms. The molecule has 63 valence electrons. The van der Waals surface area contributed by atoms with Gasteiger partial charge in [0.2, 0.25) is 0 Å². The van der Waals surface area contributed by atoms with Gasteiger partial charge in [-0.05, 0) is 50.1 Å². The summed E-state index contributed by atoms with van der Waals surface area (Å²) in [7, 11) is 46.8. The summed E-state index contributed by atoms with van der Waals surface area (Å²) in [5.74, 6) is 0. The molecular formula is HB16IN-2.